The van der Waals surface area contributed by atoms with Crippen molar-refractivity contribution in [3.8, 4) is 11.3 Å². The maximum atomic E-state index is 11.0. The fraction of sp³-hybridized carbons (Fsp3) is 0.250. The molecule has 1 saturated carbocycles. The lowest BCUT2D eigenvalue weighted by molar-refractivity contribution is 0.0697. The zero-order valence-corrected chi connectivity index (χ0v) is 14.4. The van der Waals surface area contributed by atoms with Gasteiger partial charge in [-0.2, -0.15) is 0 Å². The van der Waals surface area contributed by atoms with Gasteiger partial charge in [0.15, 0.2) is 0 Å². The van der Waals surface area contributed by atoms with Crippen LogP contribution in [0, 0.1) is 0 Å². The highest BCUT2D eigenvalue weighted by molar-refractivity contribution is 6.32. The molecule has 5 heteroatoms. The highest BCUT2D eigenvalue weighted by atomic mass is 35.5. The van der Waals surface area contributed by atoms with Crippen molar-refractivity contribution in [1.82, 2.24) is 4.98 Å². The number of aromatic amines is 1. The van der Waals surface area contributed by atoms with Gasteiger partial charge in [0.05, 0.1) is 16.8 Å². The Kier molecular flexibility index (Phi) is 4.14. The summed E-state index contributed by atoms with van der Waals surface area (Å²) in [5, 5.41) is 14.4. The summed E-state index contributed by atoms with van der Waals surface area (Å²) < 4.78 is 0. The summed E-state index contributed by atoms with van der Waals surface area (Å²) in [7, 11) is 0. The number of carboxylic acid groups (broad SMARTS) is 1. The zero-order chi connectivity index (χ0) is 17.4. The summed E-state index contributed by atoms with van der Waals surface area (Å²) in [6.45, 7) is 0. The monoisotopic (exact) mass is 354 g/mol. The van der Waals surface area contributed by atoms with E-state index in [9.17, 15) is 4.79 Å². The summed E-state index contributed by atoms with van der Waals surface area (Å²) in [6.07, 6.45) is 4.93. The highest BCUT2D eigenvalue weighted by Gasteiger charge is 2.17. The number of aromatic nitrogens is 1. The van der Waals surface area contributed by atoms with E-state index >= 15 is 0 Å². The minimum atomic E-state index is -0.918. The van der Waals surface area contributed by atoms with E-state index < -0.39 is 5.97 Å². The van der Waals surface area contributed by atoms with Crippen molar-refractivity contribution >= 4 is 34.2 Å². The molecule has 4 rings (SSSR count). The van der Waals surface area contributed by atoms with Gasteiger partial charge in [-0.3, -0.25) is 0 Å². The van der Waals surface area contributed by atoms with Gasteiger partial charge in [0.1, 0.15) is 0 Å². The van der Waals surface area contributed by atoms with Gasteiger partial charge in [-0.1, -0.05) is 36.6 Å². The first kappa shape index (κ1) is 16.0. The number of halogens is 1. The lowest BCUT2D eigenvalue weighted by Crippen LogP contribution is -2.14. The molecule has 4 nitrogen and oxygen atoms in total. The Morgan fingerprint density at radius 2 is 1.84 bits per heavy atom. The molecule has 3 N–H and O–H groups in total. The van der Waals surface area contributed by atoms with Gasteiger partial charge in [0, 0.05) is 22.1 Å². The number of benzene rings is 2. The maximum Gasteiger partial charge on any atom is 0.335 e. The van der Waals surface area contributed by atoms with E-state index in [0.29, 0.717) is 11.1 Å². The van der Waals surface area contributed by atoms with Gasteiger partial charge in [-0.15, -0.1) is 0 Å². The molecule has 1 heterocycles. The standard InChI is InChI=1S/C20H19ClN2O2/c21-15-9-14-10-17(12-5-7-13(8-6-12)20(24)25)23-19(14)18(11-15)22-16-3-1-2-4-16/h5-11,16,22-23H,1-4H2,(H,24,25). The number of carboxylic acids is 1. The lowest BCUT2D eigenvalue weighted by atomic mass is 10.1. The van der Waals surface area contributed by atoms with Crippen molar-refractivity contribution in [2.24, 2.45) is 0 Å². The molecule has 1 aromatic heterocycles. The molecule has 1 fully saturated rings. The van der Waals surface area contributed by atoms with E-state index in [1.54, 1.807) is 12.1 Å². The molecule has 0 bridgehead atoms. The Morgan fingerprint density at radius 3 is 2.52 bits per heavy atom. The Labute approximate surface area is 150 Å². The summed E-state index contributed by atoms with van der Waals surface area (Å²) in [5.74, 6) is -0.918. The predicted molar refractivity (Wildman–Crippen MR) is 102 cm³/mol. The van der Waals surface area contributed by atoms with E-state index in [1.165, 1.54) is 25.7 Å². The summed E-state index contributed by atoms with van der Waals surface area (Å²) in [5.41, 5.74) is 4.25. The fourth-order valence-electron chi connectivity index (χ4n) is 3.56. The number of fused-ring (bicyclic) bond motifs is 1. The molecule has 0 aliphatic heterocycles. The van der Waals surface area contributed by atoms with Crippen LogP contribution in [0.1, 0.15) is 36.0 Å². The number of hydrogen-bond acceptors (Lipinski definition) is 2. The van der Waals surface area contributed by atoms with Gasteiger partial charge >= 0.3 is 5.97 Å². The summed E-state index contributed by atoms with van der Waals surface area (Å²) >= 11 is 6.30. The summed E-state index contributed by atoms with van der Waals surface area (Å²) in [6, 6.07) is 13.3. The van der Waals surface area contributed by atoms with Crippen LogP contribution in [-0.2, 0) is 0 Å². The molecule has 0 atom stereocenters. The van der Waals surface area contributed by atoms with Crippen LogP contribution in [0.25, 0.3) is 22.2 Å². The van der Waals surface area contributed by atoms with E-state index in [0.717, 1.165) is 27.8 Å². The summed E-state index contributed by atoms with van der Waals surface area (Å²) in [4.78, 5) is 14.5. The number of nitrogens with one attached hydrogen (secondary N) is 2. The van der Waals surface area contributed by atoms with Gasteiger partial charge in [0.2, 0.25) is 0 Å². The molecule has 0 unspecified atom stereocenters. The first-order chi connectivity index (χ1) is 12.1. The molecular formula is C20H19ClN2O2. The SMILES string of the molecule is O=C(O)c1ccc(-c2cc3cc(Cl)cc(NC4CCCC4)c3[nH]2)cc1. The van der Waals surface area contributed by atoms with E-state index in [2.05, 4.69) is 16.4 Å². The highest BCUT2D eigenvalue weighted by Crippen LogP contribution is 2.33. The average Bonchev–Trinajstić information content (AvgIpc) is 3.24. The Balaban J connectivity index is 1.72. The number of rotatable bonds is 4. The third-order valence-electron chi connectivity index (χ3n) is 4.85. The van der Waals surface area contributed by atoms with Gasteiger partial charge in [-0.05, 0) is 48.7 Å². The molecule has 0 radical (unpaired) electrons. The minimum Gasteiger partial charge on any atom is -0.478 e. The van der Waals surface area contributed by atoms with Crippen LogP contribution < -0.4 is 5.32 Å². The van der Waals surface area contributed by atoms with Crippen molar-refractivity contribution in [3.05, 3.63) is 53.1 Å². The van der Waals surface area contributed by atoms with Crippen LogP contribution in [-0.4, -0.2) is 22.1 Å². The zero-order valence-electron chi connectivity index (χ0n) is 13.7. The second kappa shape index (κ2) is 6.45. The van der Waals surface area contributed by atoms with Crippen molar-refractivity contribution < 1.29 is 9.90 Å². The predicted octanol–water partition coefficient (Wildman–Crippen LogP) is 5.54. The van der Waals surface area contributed by atoms with Gasteiger partial charge in [0.25, 0.3) is 0 Å². The van der Waals surface area contributed by atoms with Crippen LogP contribution >= 0.6 is 11.6 Å². The number of aromatic carboxylic acids is 1. The smallest absolute Gasteiger partial charge is 0.335 e. The first-order valence-corrected chi connectivity index (χ1v) is 8.90. The second-order valence-electron chi connectivity index (χ2n) is 6.61. The molecule has 2 aromatic carbocycles. The molecule has 0 saturated heterocycles. The topological polar surface area (TPSA) is 65.1 Å². The van der Waals surface area contributed by atoms with Crippen LogP contribution in [0.2, 0.25) is 5.02 Å². The Morgan fingerprint density at radius 1 is 1.12 bits per heavy atom. The van der Waals surface area contributed by atoms with E-state index in [1.807, 2.05) is 24.3 Å². The van der Waals surface area contributed by atoms with Crippen molar-refractivity contribution in [2.75, 3.05) is 5.32 Å². The van der Waals surface area contributed by atoms with Crippen LogP contribution in [0.4, 0.5) is 5.69 Å². The largest absolute Gasteiger partial charge is 0.478 e. The third kappa shape index (κ3) is 3.22. The maximum absolute atomic E-state index is 11.0. The molecule has 25 heavy (non-hydrogen) atoms. The quantitative estimate of drug-likeness (QED) is 0.576. The van der Waals surface area contributed by atoms with Crippen LogP contribution in [0.15, 0.2) is 42.5 Å². The second-order valence-corrected chi connectivity index (χ2v) is 7.05. The van der Waals surface area contributed by atoms with Crippen LogP contribution in [0.5, 0.6) is 0 Å². The number of H-pyrrole nitrogens is 1. The number of carbonyl (C=O) groups is 1. The lowest BCUT2D eigenvalue weighted by Gasteiger charge is -2.14. The molecular weight excluding hydrogens is 336 g/mol. The molecule has 3 aromatic rings. The average molecular weight is 355 g/mol. The third-order valence-corrected chi connectivity index (χ3v) is 5.07. The molecule has 1 aliphatic rings. The molecule has 0 amide bonds. The van der Waals surface area contributed by atoms with Crippen molar-refractivity contribution in [2.45, 2.75) is 31.7 Å². The molecule has 128 valence electrons. The number of hydrogen-bond donors (Lipinski definition) is 3. The first-order valence-electron chi connectivity index (χ1n) is 8.53. The van der Waals surface area contributed by atoms with E-state index in [4.69, 9.17) is 16.7 Å². The Bertz CT molecular complexity index is 925. The minimum absolute atomic E-state index is 0.284. The van der Waals surface area contributed by atoms with Crippen LogP contribution in [0.3, 0.4) is 0 Å². The van der Waals surface area contributed by atoms with Crippen molar-refractivity contribution in [3.63, 3.8) is 0 Å². The van der Waals surface area contributed by atoms with Gasteiger partial charge in [-0.25, -0.2) is 4.79 Å². The fourth-order valence-corrected chi connectivity index (χ4v) is 3.79. The Hall–Kier alpha value is -2.46. The van der Waals surface area contributed by atoms with Gasteiger partial charge < -0.3 is 15.4 Å². The normalized spacial score (nSPS) is 14.9. The molecule has 0 spiro atoms. The van der Waals surface area contributed by atoms with Crippen molar-refractivity contribution in [1.29, 1.82) is 0 Å². The number of anilines is 1. The van der Waals surface area contributed by atoms with E-state index in [-0.39, 0.29) is 5.56 Å². The molecule has 1 aliphatic carbocycles.